The Kier molecular flexibility index (Phi) is 3.53. The van der Waals surface area contributed by atoms with Crippen LogP contribution in [0.3, 0.4) is 0 Å². The van der Waals surface area contributed by atoms with Gasteiger partial charge in [-0.15, -0.1) is 0 Å². The maximum atomic E-state index is 13.2. The molecule has 0 aliphatic carbocycles. The maximum absolute atomic E-state index is 13.2. The molecule has 0 fully saturated rings. The number of aromatic nitrogens is 2. The van der Waals surface area contributed by atoms with Crippen molar-refractivity contribution in [2.75, 3.05) is 7.05 Å². The Morgan fingerprint density at radius 1 is 1.29 bits per heavy atom. The van der Waals surface area contributed by atoms with E-state index >= 15 is 0 Å². The fraction of sp³-hybridized carbons (Fsp3) is 0.200. The molecule has 0 bridgehead atoms. The second-order valence-corrected chi connectivity index (χ2v) is 5.00. The summed E-state index contributed by atoms with van der Waals surface area (Å²) >= 11 is 0. The number of H-pyrrole nitrogens is 1. The summed E-state index contributed by atoms with van der Waals surface area (Å²) in [6.07, 6.45) is 1.59. The summed E-state index contributed by atoms with van der Waals surface area (Å²) in [4.78, 5) is 17.2. The molecule has 0 atom stereocenters. The van der Waals surface area contributed by atoms with Gasteiger partial charge in [-0.3, -0.25) is 9.69 Å². The molecule has 3 aromatic rings. The predicted octanol–water partition coefficient (Wildman–Crippen LogP) is 2.29. The maximum Gasteiger partial charge on any atom is 0.189 e. The molecule has 2 heterocycles. The van der Waals surface area contributed by atoms with E-state index in [2.05, 4.69) is 10.1 Å². The van der Waals surface area contributed by atoms with Crippen molar-refractivity contribution in [3.05, 3.63) is 64.0 Å². The Labute approximate surface area is 120 Å². The highest BCUT2D eigenvalue weighted by Crippen LogP contribution is 2.12. The molecule has 2 aromatic heterocycles. The first-order chi connectivity index (χ1) is 10.1. The molecule has 3 rings (SSSR count). The fourth-order valence-electron chi connectivity index (χ4n) is 2.30. The Bertz CT molecular complexity index is 811. The molecular formula is C15H14FN3O2. The van der Waals surface area contributed by atoms with Crippen LogP contribution in [-0.4, -0.2) is 22.1 Å². The molecule has 6 heteroatoms. The van der Waals surface area contributed by atoms with Crippen molar-refractivity contribution in [1.82, 2.24) is 15.0 Å². The number of hydrogen-bond donors (Lipinski definition) is 1. The van der Waals surface area contributed by atoms with Crippen molar-refractivity contribution in [1.29, 1.82) is 0 Å². The molecule has 0 unspecified atom stereocenters. The smallest absolute Gasteiger partial charge is 0.189 e. The van der Waals surface area contributed by atoms with Gasteiger partial charge in [-0.25, -0.2) is 4.39 Å². The number of nitrogens with one attached hydrogen (secondary N) is 1. The van der Waals surface area contributed by atoms with E-state index in [0.29, 0.717) is 24.0 Å². The van der Waals surface area contributed by atoms with Crippen LogP contribution >= 0.6 is 0 Å². The normalized spacial score (nSPS) is 11.4. The van der Waals surface area contributed by atoms with Gasteiger partial charge in [0.1, 0.15) is 5.82 Å². The van der Waals surface area contributed by atoms with E-state index in [4.69, 9.17) is 4.52 Å². The van der Waals surface area contributed by atoms with Crippen LogP contribution in [0.25, 0.3) is 10.9 Å². The van der Waals surface area contributed by atoms with Gasteiger partial charge in [-0.05, 0) is 25.2 Å². The summed E-state index contributed by atoms with van der Waals surface area (Å²) < 4.78 is 18.2. The molecule has 0 saturated carbocycles. The minimum absolute atomic E-state index is 0.189. The van der Waals surface area contributed by atoms with E-state index in [1.807, 2.05) is 11.9 Å². The molecule has 0 spiro atoms. The fourth-order valence-corrected chi connectivity index (χ4v) is 2.30. The topological polar surface area (TPSA) is 62.1 Å². The number of pyridine rings is 1. The lowest BCUT2D eigenvalue weighted by molar-refractivity contribution is 0.264. The van der Waals surface area contributed by atoms with E-state index in [-0.39, 0.29) is 5.43 Å². The zero-order valence-electron chi connectivity index (χ0n) is 11.5. The summed E-state index contributed by atoms with van der Waals surface area (Å²) in [5.41, 5.74) is 1.21. The van der Waals surface area contributed by atoms with Crippen LogP contribution in [0.5, 0.6) is 0 Å². The highest BCUT2D eigenvalue weighted by Gasteiger charge is 2.08. The molecule has 21 heavy (non-hydrogen) atoms. The van der Waals surface area contributed by atoms with Crippen molar-refractivity contribution in [2.45, 2.75) is 13.1 Å². The van der Waals surface area contributed by atoms with Crippen molar-refractivity contribution in [3.8, 4) is 0 Å². The molecule has 1 aromatic carbocycles. The standard InChI is InChI=1S/C15H14FN3O2/c1-19(9-12-4-5-17-21-12)8-11-7-15(20)13-6-10(16)2-3-14(13)18-11/h2-7H,8-9H2,1H3,(H,18,20). The Morgan fingerprint density at radius 2 is 2.14 bits per heavy atom. The highest BCUT2D eigenvalue weighted by molar-refractivity contribution is 5.78. The second-order valence-electron chi connectivity index (χ2n) is 5.00. The number of fused-ring (bicyclic) bond motifs is 1. The van der Waals surface area contributed by atoms with Crippen molar-refractivity contribution < 1.29 is 8.91 Å². The minimum atomic E-state index is -0.414. The van der Waals surface area contributed by atoms with Gasteiger partial charge in [-0.1, -0.05) is 5.16 Å². The lowest BCUT2D eigenvalue weighted by atomic mass is 10.2. The van der Waals surface area contributed by atoms with Crippen molar-refractivity contribution >= 4 is 10.9 Å². The van der Waals surface area contributed by atoms with E-state index in [0.717, 1.165) is 11.5 Å². The van der Waals surface area contributed by atoms with Crippen LogP contribution < -0.4 is 5.43 Å². The monoisotopic (exact) mass is 287 g/mol. The van der Waals surface area contributed by atoms with Gasteiger partial charge < -0.3 is 9.51 Å². The Morgan fingerprint density at radius 3 is 2.90 bits per heavy atom. The second kappa shape index (κ2) is 5.49. The van der Waals surface area contributed by atoms with Crippen LogP contribution in [0.4, 0.5) is 4.39 Å². The first kappa shape index (κ1) is 13.5. The summed E-state index contributed by atoms with van der Waals surface area (Å²) in [5, 5.41) is 4.01. The number of rotatable bonds is 4. The first-order valence-electron chi connectivity index (χ1n) is 6.51. The third kappa shape index (κ3) is 3.00. The van der Waals surface area contributed by atoms with Crippen molar-refractivity contribution in [3.63, 3.8) is 0 Å². The van der Waals surface area contributed by atoms with E-state index in [9.17, 15) is 9.18 Å². The largest absolute Gasteiger partial charge is 0.360 e. The molecule has 5 nitrogen and oxygen atoms in total. The lowest BCUT2D eigenvalue weighted by Crippen LogP contribution is -2.19. The van der Waals surface area contributed by atoms with Crippen LogP contribution in [0.15, 0.2) is 45.8 Å². The summed E-state index contributed by atoms with van der Waals surface area (Å²) in [6.45, 7) is 1.13. The third-order valence-corrected chi connectivity index (χ3v) is 3.20. The number of aromatic amines is 1. The lowest BCUT2D eigenvalue weighted by Gasteiger charge is -2.15. The van der Waals surface area contributed by atoms with Gasteiger partial charge >= 0.3 is 0 Å². The molecule has 0 radical (unpaired) electrons. The summed E-state index contributed by atoms with van der Waals surface area (Å²) in [5.74, 6) is 0.339. The van der Waals surface area contributed by atoms with Gasteiger partial charge in [0.15, 0.2) is 11.2 Å². The molecule has 1 N–H and O–H groups in total. The third-order valence-electron chi connectivity index (χ3n) is 3.20. The van der Waals surface area contributed by atoms with Gasteiger partial charge in [0.25, 0.3) is 0 Å². The van der Waals surface area contributed by atoms with Crippen LogP contribution in [0, 0.1) is 5.82 Å². The van der Waals surface area contributed by atoms with E-state index < -0.39 is 5.82 Å². The average Bonchev–Trinajstić information content (AvgIpc) is 2.92. The first-order valence-corrected chi connectivity index (χ1v) is 6.51. The van der Waals surface area contributed by atoms with Gasteiger partial charge in [-0.2, -0.15) is 0 Å². The number of hydrogen-bond acceptors (Lipinski definition) is 4. The van der Waals surface area contributed by atoms with Crippen LogP contribution in [0.2, 0.25) is 0 Å². The molecule has 108 valence electrons. The molecule has 0 amide bonds. The Balaban J connectivity index is 1.84. The van der Waals surface area contributed by atoms with Crippen molar-refractivity contribution in [2.24, 2.45) is 0 Å². The zero-order valence-corrected chi connectivity index (χ0v) is 11.5. The van der Waals surface area contributed by atoms with Gasteiger partial charge in [0.05, 0.1) is 12.7 Å². The number of halogens is 1. The number of benzene rings is 1. The zero-order chi connectivity index (χ0) is 14.8. The van der Waals surface area contributed by atoms with Gasteiger partial charge in [0, 0.05) is 35.3 Å². The predicted molar refractivity (Wildman–Crippen MR) is 76.2 cm³/mol. The van der Waals surface area contributed by atoms with Crippen LogP contribution in [-0.2, 0) is 13.1 Å². The minimum Gasteiger partial charge on any atom is -0.360 e. The van der Waals surface area contributed by atoms with Gasteiger partial charge in [0.2, 0.25) is 0 Å². The van der Waals surface area contributed by atoms with Crippen LogP contribution in [0.1, 0.15) is 11.5 Å². The summed E-state index contributed by atoms with van der Waals surface area (Å²) in [6, 6.07) is 7.45. The number of nitrogens with zero attached hydrogens (tertiary/aromatic N) is 2. The molecule has 0 saturated heterocycles. The summed E-state index contributed by atoms with van der Waals surface area (Å²) in [7, 11) is 1.91. The SMILES string of the molecule is CN(Cc1cc(=O)c2cc(F)ccc2[nH]1)Cc1ccno1. The highest BCUT2D eigenvalue weighted by atomic mass is 19.1. The Hall–Kier alpha value is -2.47. The average molecular weight is 287 g/mol. The molecule has 0 aliphatic heterocycles. The molecule has 0 aliphatic rings. The van der Waals surface area contributed by atoms with E-state index in [1.165, 1.54) is 18.2 Å². The quantitative estimate of drug-likeness (QED) is 0.799. The van der Waals surface area contributed by atoms with E-state index in [1.54, 1.807) is 18.3 Å². The molecular weight excluding hydrogens is 273 g/mol.